The zero-order chi connectivity index (χ0) is 16.4. The molecule has 0 saturated carbocycles. The molecule has 1 aromatic heterocycles. The molecule has 0 aliphatic rings. The number of nitrogens with zero attached hydrogens (tertiary/aromatic N) is 3. The molecule has 0 fully saturated rings. The van der Waals surface area contributed by atoms with Gasteiger partial charge in [0.15, 0.2) is 0 Å². The van der Waals surface area contributed by atoms with Crippen molar-refractivity contribution < 1.29 is 4.79 Å². The zero-order valence-corrected chi connectivity index (χ0v) is 14.6. The van der Waals surface area contributed by atoms with Crippen LogP contribution in [-0.2, 0) is 11.2 Å². The molecule has 124 valence electrons. The highest BCUT2D eigenvalue weighted by molar-refractivity contribution is 5.92. The number of aryl methyl sites for hydroxylation is 1. The van der Waals surface area contributed by atoms with Gasteiger partial charge >= 0.3 is 0 Å². The van der Waals surface area contributed by atoms with Crippen LogP contribution in [0.5, 0.6) is 0 Å². The van der Waals surface area contributed by atoms with E-state index in [1.165, 1.54) is 12.8 Å². The molecule has 0 saturated heterocycles. The Bertz CT molecular complexity index is 430. The first-order chi connectivity index (χ1) is 10.6. The molecule has 0 aromatic carbocycles. The van der Waals surface area contributed by atoms with Gasteiger partial charge in [0.25, 0.3) is 0 Å². The van der Waals surface area contributed by atoms with Gasteiger partial charge in [0.1, 0.15) is 0 Å². The molecule has 1 atom stereocenters. The van der Waals surface area contributed by atoms with Crippen LogP contribution in [0, 0.1) is 0 Å². The van der Waals surface area contributed by atoms with Crippen molar-refractivity contribution in [2.45, 2.75) is 85.1 Å². The Morgan fingerprint density at radius 3 is 2.32 bits per heavy atom. The van der Waals surface area contributed by atoms with Crippen LogP contribution in [-0.4, -0.2) is 21.9 Å². The summed E-state index contributed by atoms with van der Waals surface area (Å²) < 4.78 is 0. The summed E-state index contributed by atoms with van der Waals surface area (Å²) in [5, 5.41) is 0. The van der Waals surface area contributed by atoms with Crippen LogP contribution in [0.2, 0.25) is 0 Å². The molecule has 0 bridgehead atoms. The molecule has 22 heavy (non-hydrogen) atoms. The Kier molecular flexibility index (Phi) is 8.71. The predicted molar refractivity (Wildman–Crippen MR) is 92.0 cm³/mol. The summed E-state index contributed by atoms with van der Waals surface area (Å²) in [6.07, 6.45) is 11.7. The number of hydrogen-bond donors (Lipinski definition) is 0. The van der Waals surface area contributed by atoms with E-state index < -0.39 is 0 Å². The van der Waals surface area contributed by atoms with Crippen LogP contribution in [0.4, 0.5) is 5.95 Å². The fourth-order valence-electron chi connectivity index (χ4n) is 2.60. The second kappa shape index (κ2) is 10.3. The third-order valence-corrected chi connectivity index (χ3v) is 3.84. The van der Waals surface area contributed by atoms with Gasteiger partial charge in [-0.1, -0.05) is 46.5 Å². The number of rotatable bonds is 10. The van der Waals surface area contributed by atoms with Crippen molar-refractivity contribution in [3.8, 4) is 0 Å². The highest BCUT2D eigenvalue weighted by Crippen LogP contribution is 2.18. The maximum atomic E-state index is 12.5. The molecule has 1 amide bonds. The largest absolute Gasteiger partial charge is 0.278 e. The molecule has 0 spiro atoms. The standard InChI is InChI=1S/C18H31N3O/c1-5-8-9-12-15(4)21(17(22)11-7-3)18-19-13-16(10-6-2)14-20-18/h13-15H,5-12H2,1-4H3. The van der Waals surface area contributed by atoms with Crippen LogP contribution >= 0.6 is 0 Å². The van der Waals surface area contributed by atoms with Gasteiger partial charge in [0.05, 0.1) is 0 Å². The Labute approximate surface area is 135 Å². The summed E-state index contributed by atoms with van der Waals surface area (Å²) in [6.45, 7) is 8.47. The first kappa shape index (κ1) is 18.6. The monoisotopic (exact) mass is 305 g/mol. The zero-order valence-electron chi connectivity index (χ0n) is 14.6. The summed E-state index contributed by atoms with van der Waals surface area (Å²) in [4.78, 5) is 23.2. The van der Waals surface area contributed by atoms with E-state index in [0.29, 0.717) is 12.4 Å². The van der Waals surface area contributed by atoms with E-state index >= 15 is 0 Å². The highest BCUT2D eigenvalue weighted by atomic mass is 16.2. The van der Waals surface area contributed by atoms with E-state index in [1.54, 1.807) is 4.90 Å². The quantitative estimate of drug-likeness (QED) is 0.597. The number of carbonyl (C=O) groups is 1. The van der Waals surface area contributed by atoms with Crippen LogP contribution in [0.25, 0.3) is 0 Å². The number of carbonyl (C=O) groups excluding carboxylic acids is 1. The summed E-state index contributed by atoms with van der Waals surface area (Å²) >= 11 is 0. The summed E-state index contributed by atoms with van der Waals surface area (Å²) in [5.74, 6) is 0.692. The van der Waals surface area contributed by atoms with Crippen molar-refractivity contribution in [1.82, 2.24) is 9.97 Å². The van der Waals surface area contributed by atoms with Gasteiger partial charge in [-0.2, -0.15) is 0 Å². The summed E-state index contributed by atoms with van der Waals surface area (Å²) in [7, 11) is 0. The lowest BCUT2D eigenvalue weighted by atomic mass is 10.1. The Balaban J connectivity index is 2.86. The minimum Gasteiger partial charge on any atom is -0.278 e. The van der Waals surface area contributed by atoms with Gasteiger partial charge < -0.3 is 0 Å². The minimum absolute atomic E-state index is 0.134. The van der Waals surface area contributed by atoms with E-state index in [9.17, 15) is 4.79 Å². The van der Waals surface area contributed by atoms with Crippen molar-refractivity contribution >= 4 is 11.9 Å². The highest BCUT2D eigenvalue weighted by Gasteiger charge is 2.23. The molecule has 0 radical (unpaired) electrons. The molecule has 1 unspecified atom stereocenters. The SMILES string of the molecule is CCCCCC(C)N(C(=O)CCC)c1ncc(CCC)cn1. The van der Waals surface area contributed by atoms with Crippen molar-refractivity contribution in [3.63, 3.8) is 0 Å². The smallest absolute Gasteiger partial charge is 0.232 e. The van der Waals surface area contributed by atoms with E-state index in [2.05, 4.69) is 30.7 Å². The van der Waals surface area contributed by atoms with Gasteiger partial charge in [-0.3, -0.25) is 9.69 Å². The Morgan fingerprint density at radius 1 is 1.09 bits per heavy atom. The number of aromatic nitrogens is 2. The van der Waals surface area contributed by atoms with Gasteiger partial charge in [-0.05, 0) is 31.7 Å². The summed E-state index contributed by atoms with van der Waals surface area (Å²) in [5.41, 5.74) is 1.13. The normalized spacial score (nSPS) is 12.2. The van der Waals surface area contributed by atoms with E-state index in [1.807, 2.05) is 19.3 Å². The number of anilines is 1. The molecule has 4 nitrogen and oxygen atoms in total. The van der Waals surface area contributed by atoms with Crippen molar-refractivity contribution in [1.29, 1.82) is 0 Å². The number of amides is 1. The van der Waals surface area contributed by atoms with E-state index in [0.717, 1.165) is 37.7 Å². The average Bonchev–Trinajstić information content (AvgIpc) is 2.50. The molecule has 0 aliphatic heterocycles. The molecule has 1 aromatic rings. The third kappa shape index (κ3) is 5.74. The number of hydrogen-bond acceptors (Lipinski definition) is 3. The lowest BCUT2D eigenvalue weighted by Gasteiger charge is -2.27. The average molecular weight is 305 g/mol. The molecule has 1 rings (SSSR count). The second-order valence-corrected chi connectivity index (χ2v) is 6.00. The maximum absolute atomic E-state index is 12.5. The Hall–Kier alpha value is -1.45. The van der Waals surface area contributed by atoms with Crippen LogP contribution in [0.1, 0.15) is 78.2 Å². The first-order valence-corrected chi connectivity index (χ1v) is 8.76. The number of unbranched alkanes of at least 4 members (excludes halogenated alkanes) is 2. The topological polar surface area (TPSA) is 46.1 Å². The second-order valence-electron chi connectivity index (χ2n) is 6.00. The molecule has 1 heterocycles. The van der Waals surface area contributed by atoms with Gasteiger partial charge in [-0.25, -0.2) is 9.97 Å². The van der Waals surface area contributed by atoms with Gasteiger partial charge in [0, 0.05) is 24.9 Å². The van der Waals surface area contributed by atoms with Gasteiger partial charge in [-0.15, -0.1) is 0 Å². The molecular weight excluding hydrogens is 274 g/mol. The van der Waals surface area contributed by atoms with Crippen LogP contribution in [0.3, 0.4) is 0 Å². The predicted octanol–water partition coefficient (Wildman–Crippen LogP) is 4.53. The maximum Gasteiger partial charge on any atom is 0.232 e. The van der Waals surface area contributed by atoms with E-state index in [-0.39, 0.29) is 11.9 Å². The molecule has 4 heteroatoms. The third-order valence-electron chi connectivity index (χ3n) is 3.84. The van der Waals surface area contributed by atoms with Crippen molar-refractivity contribution in [2.75, 3.05) is 4.90 Å². The minimum atomic E-state index is 0.134. The molecule has 0 N–H and O–H groups in total. The fraction of sp³-hybridized carbons (Fsp3) is 0.722. The van der Waals surface area contributed by atoms with Crippen LogP contribution < -0.4 is 4.90 Å². The van der Waals surface area contributed by atoms with Crippen molar-refractivity contribution in [3.05, 3.63) is 18.0 Å². The lowest BCUT2D eigenvalue weighted by molar-refractivity contribution is -0.119. The molecule has 0 aliphatic carbocycles. The van der Waals surface area contributed by atoms with E-state index in [4.69, 9.17) is 0 Å². The summed E-state index contributed by atoms with van der Waals surface area (Å²) in [6, 6.07) is 0.155. The van der Waals surface area contributed by atoms with Gasteiger partial charge in [0.2, 0.25) is 11.9 Å². The van der Waals surface area contributed by atoms with Crippen molar-refractivity contribution in [2.24, 2.45) is 0 Å². The first-order valence-electron chi connectivity index (χ1n) is 8.76. The lowest BCUT2D eigenvalue weighted by Crippen LogP contribution is -2.40. The fourth-order valence-corrected chi connectivity index (χ4v) is 2.60. The van der Waals surface area contributed by atoms with Crippen LogP contribution in [0.15, 0.2) is 12.4 Å². The molecular formula is C18H31N3O. The Morgan fingerprint density at radius 2 is 1.77 bits per heavy atom.